The van der Waals surface area contributed by atoms with Crippen molar-refractivity contribution in [2.24, 2.45) is 7.05 Å². The van der Waals surface area contributed by atoms with E-state index in [1.807, 2.05) is 13.1 Å². The molecule has 4 aromatic rings. The molecule has 0 aromatic carbocycles. The van der Waals surface area contributed by atoms with Crippen molar-refractivity contribution >= 4 is 23.2 Å². The topological polar surface area (TPSA) is 108 Å². The number of aliphatic hydroxyl groups is 1. The quantitative estimate of drug-likeness (QED) is 0.428. The van der Waals surface area contributed by atoms with Crippen LogP contribution in [0, 0.1) is 6.92 Å². The summed E-state index contributed by atoms with van der Waals surface area (Å²) in [6.07, 6.45) is 4.77. The molecule has 0 atom stereocenters. The van der Waals surface area contributed by atoms with Crippen molar-refractivity contribution in [3.63, 3.8) is 0 Å². The van der Waals surface area contributed by atoms with Crippen LogP contribution in [0.3, 0.4) is 0 Å². The lowest BCUT2D eigenvalue weighted by molar-refractivity contribution is 0.0688. The van der Waals surface area contributed by atoms with Gasteiger partial charge in [0.15, 0.2) is 5.82 Å². The van der Waals surface area contributed by atoms with Gasteiger partial charge in [-0.3, -0.25) is 19.0 Å². The van der Waals surface area contributed by atoms with E-state index in [2.05, 4.69) is 20.1 Å². The Bertz CT molecular complexity index is 1430. The predicted octanol–water partition coefficient (Wildman–Crippen LogP) is 3.84. The monoisotopic (exact) mass is 500 g/mol. The normalized spacial score (nSPS) is 11.6. The molecule has 176 valence electrons. The van der Waals surface area contributed by atoms with E-state index < -0.39 is 11.2 Å². The second kappa shape index (κ2) is 9.17. The molecule has 4 aromatic heterocycles. The highest BCUT2D eigenvalue weighted by Gasteiger charge is 2.21. The van der Waals surface area contributed by atoms with Crippen molar-refractivity contribution in [2.45, 2.75) is 33.0 Å². The minimum Gasteiger partial charge on any atom is -0.485 e. The highest BCUT2D eigenvalue weighted by molar-refractivity contribution is 6.33. The molecule has 0 fully saturated rings. The zero-order valence-electron chi connectivity index (χ0n) is 19.0. The summed E-state index contributed by atoms with van der Waals surface area (Å²) >= 11 is 12.8. The zero-order valence-corrected chi connectivity index (χ0v) is 20.5. The Hall–Kier alpha value is -3.27. The molecule has 0 aliphatic rings. The number of pyridine rings is 2. The van der Waals surface area contributed by atoms with Crippen LogP contribution < -0.4 is 10.3 Å². The Morgan fingerprint density at radius 3 is 2.59 bits per heavy atom. The van der Waals surface area contributed by atoms with Gasteiger partial charge in [0.05, 0.1) is 27.8 Å². The van der Waals surface area contributed by atoms with E-state index >= 15 is 0 Å². The smallest absolute Gasteiger partial charge is 0.277 e. The second-order valence-corrected chi connectivity index (χ2v) is 9.00. The summed E-state index contributed by atoms with van der Waals surface area (Å²) in [5.41, 5.74) is 0.855. The van der Waals surface area contributed by atoms with Gasteiger partial charge in [0.1, 0.15) is 23.0 Å². The van der Waals surface area contributed by atoms with Gasteiger partial charge >= 0.3 is 0 Å². The maximum absolute atomic E-state index is 13.2. The zero-order chi connectivity index (χ0) is 24.6. The van der Waals surface area contributed by atoms with Crippen molar-refractivity contribution in [3.8, 4) is 22.8 Å². The molecular formula is C23H22Cl2N6O3. The average molecular weight is 501 g/mol. The molecule has 0 spiro atoms. The molecule has 0 aliphatic heterocycles. The maximum Gasteiger partial charge on any atom is 0.277 e. The lowest BCUT2D eigenvalue weighted by Gasteiger charge is -2.17. The van der Waals surface area contributed by atoms with Crippen LogP contribution in [0.15, 0.2) is 47.7 Å². The third-order valence-electron chi connectivity index (χ3n) is 4.99. The summed E-state index contributed by atoms with van der Waals surface area (Å²) < 4.78 is 8.80. The molecule has 0 bridgehead atoms. The third kappa shape index (κ3) is 4.82. The van der Waals surface area contributed by atoms with Gasteiger partial charge in [-0.25, -0.2) is 9.97 Å². The fourth-order valence-corrected chi connectivity index (χ4v) is 3.69. The van der Waals surface area contributed by atoms with E-state index in [0.717, 1.165) is 0 Å². The van der Waals surface area contributed by atoms with Crippen LogP contribution >= 0.6 is 23.2 Å². The van der Waals surface area contributed by atoms with E-state index in [1.54, 1.807) is 49.8 Å². The SMILES string of the molecule is Cc1cc(OCc2ccn(C)n2)c(Cl)c(=O)n1-c1cc(-c2ccnc(C(C)(C)O)n2)ncc1Cl. The first kappa shape index (κ1) is 23.9. The number of aryl methyl sites for hydroxylation is 2. The predicted molar refractivity (Wildman–Crippen MR) is 128 cm³/mol. The lowest BCUT2D eigenvalue weighted by Crippen LogP contribution is -2.22. The first-order valence-corrected chi connectivity index (χ1v) is 11.1. The lowest BCUT2D eigenvalue weighted by atomic mass is 10.1. The summed E-state index contributed by atoms with van der Waals surface area (Å²) in [6.45, 7) is 5.10. The van der Waals surface area contributed by atoms with Gasteiger partial charge < -0.3 is 9.84 Å². The van der Waals surface area contributed by atoms with Crippen LogP contribution in [0.1, 0.15) is 31.1 Å². The summed E-state index contributed by atoms with van der Waals surface area (Å²) in [5, 5.41) is 14.7. The van der Waals surface area contributed by atoms with Gasteiger partial charge in [-0.05, 0) is 39.0 Å². The van der Waals surface area contributed by atoms with E-state index in [4.69, 9.17) is 27.9 Å². The van der Waals surface area contributed by atoms with Crippen LogP contribution in [-0.4, -0.2) is 34.4 Å². The Labute approximate surface area is 205 Å². The highest BCUT2D eigenvalue weighted by Crippen LogP contribution is 2.29. The van der Waals surface area contributed by atoms with Gasteiger partial charge in [-0.2, -0.15) is 5.10 Å². The van der Waals surface area contributed by atoms with E-state index in [-0.39, 0.29) is 28.2 Å². The molecule has 4 rings (SSSR count). The molecule has 9 nitrogen and oxygen atoms in total. The van der Waals surface area contributed by atoms with Gasteiger partial charge in [-0.1, -0.05) is 23.2 Å². The number of rotatable bonds is 6. The minimum absolute atomic E-state index is 0.0812. The molecule has 11 heteroatoms. The van der Waals surface area contributed by atoms with Crippen LogP contribution in [0.5, 0.6) is 5.75 Å². The van der Waals surface area contributed by atoms with Crippen molar-refractivity contribution < 1.29 is 9.84 Å². The molecule has 0 saturated carbocycles. The molecule has 0 unspecified atom stereocenters. The Kier molecular flexibility index (Phi) is 6.44. The average Bonchev–Trinajstić information content (AvgIpc) is 3.21. The van der Waals surface area contributed by atoms with Crippen molar-refractivity contribution in [3.05, 3.63) is 80.5 Å². The number of aromatic nitrogens is 6. The van der Waals surface area contributed by atoms with E-state index in [0.29, 0.717) is 28.5 Å². The second-order valence-electron chi connectivity index (χ2n) is 8.22. The maximum atomic E-state index is 13.2. The Morgan fingerprint density at radius 2 is 1.91 bits per heavy atom. The third-order valence-corrected chi connectivity index (χ3v) is 5.62. The fourth-order valence-electron chi connectivity index (χ4n) is 3.31. The number of hydrogen-bond acceptors (Lipinski definition) is 7. The van der Waals surface area contributed by atoms with Gasteiger partial charge in [0.2, 0.25) is 0 Å². The molecule has 4 heterocycles. The van der Waals surface area contributed by atoms with Crippen molar-refractivity contribution in [1.82, 2.24) is 29.3 Å². The van der Waals surface area contributed by atoms with E-state index in [1.165, 1.54) is 17.0 Å². The standard InChI is InChI=1S/C23H22Cl2N6O3/c1-13-9-19(34-12-14-6-8-30(4)29-14)20(25)21(32)31(13)18-10-17(27-11-15(18)24)16-5-7-26-22(28-16)23(2,3)33/h5-11,33H,12H2,1-4H3. The van der Waals surface area contributed by atoms with Crippen LogP contribution in [0.25, 0.3) is 17.1 Å². The molecular weight excluding hydrogens is 479 g/mol. The number of hydrogen-bond donors (Lipinski definition) is 1. The van der Waals surface area contributed by atoms with Gasteiger partial charge in [0, 0.05) is 37.4 Å². The summed E-state index contributed by atoms with van der Waals surface area (Å²) in [5.74, 6) is 0.496. The van der Waals surface area contributed by atoms with Gasteiger partial charge in [0.25, 0.3) is 5.56 Å². The molecule has 0 amide bonds. The van der Waals surface area contributed by atoms with Crippen molar-refractivity contribution in [1.29, 1.82) is 0 Å². The summed E-state index contributed by atoms with van der Waals surface area (Å²) in [4.78, 5) is 26.1. The van der Waals surface area contributed by atoms with Crippen LogP contribution in [-0.2, 0) is 19.3 Å². The summed E-state index contributed by atoms with van der Waals surface area (Å²) in [6, 6.07) is 6.78. The number of halogens is 2. The minimum atomic E-state index is -1.22. The summed E-state index contributed by atoms with van der Waals surface area (Å²) in [7, 11) is 1.81. The number of ether oxygens (including phenoxy) is 1. The Morgan fingerprint density at radius 1 is 1.15 bits per heavy atom. The highest BCUT2D eigenvalue weighted by atomic mass is 35.5. The van der Waals surface area contributed by atoms with Gasteiger partial charge in [-0.15, -0.1) is 0 Å². The van der Waals surface area contributed by atoms with E-state index in [9.17, 15) is 9.90 Å². The van der Waals surface area contributed by atoms with Crippen molar-refractivity contribution in [2.75, 3.05) is 0 Å². The molecule has 0 radical (unpaired) electrons. The molecule has 34 heavy (non-hydrogen) atoms. The Balaban J connectivity index is 1.73. The fraction of sp³-hybridized carbons (Fsp3) is 0.261. The first-order valence-electron chi connectivity index (χ1n) is 10.3. The molecule has 0 aliphatic carbocycles. The molecule has 1 N–H and O–H groups in total. The first-order chi connectivity index (χ1) is 16.0. The largest absolute Gasteiger partial charge is 0.485 e. The van der Waals surface area contributed by atoms with Crippen LogP contribution in [0.2, 0.25) is 10.0 Å². The molecule has 0 saturated heterocycles. The van der Waals surface area contributed by atoms with Crippen LogP contribution in [0.4, 0.5) is 0 Å². The number of nitrogens with zero attached hydrogens (tertiary/aromatic N) is 6.